The maximum absolute atomic E-state index is 5.85. The average molecular weight is 198 g/mol. The summed E-state index contributed by atoms with van der Waals surface area (Å²) in [5.41, 5.74) is 2.32. The van der Waals surface area contributed by atoms with Gasteiger partial charge >= 0.3 is 0 Å². The smallest absolute Gasteiger partial charge is 0.0524 e. The van der Waals surface area contributed by atoms with E-state index in [1.54, 1.807) is 11.8 Å². The quantitative estimate of drug-likeness (QED) is 0.681. The van der Waals surface area contributed by atoms with Crippen molar-refractivity contribution >= 4 is 29.1 Å². The molecule has 12 heavy (non-hydrogen) atoms. The van der Waals surface area contributed by atoms with Crippen molar-refractivity contribution in [3.63, 3.8) is 0 Å². The van der Waals surface area contributed by atoms with Crippen molar-refractivity contribution in [2.45, 2.75) is 11.8 Å². The van der Waals surface area contributed by atoms with Crippen molar-refractivity contribution in [1.82, 2.24) is 0 Å². The van der Waals surface area contributed by atoms with Gasteiger partial charge in [-0.1, -0.05) is 23.4 Å². The number of halogens is 1. The Labute approximate surface area is 80.8 Å². The standard InChI is InChI=1S/C9H8ClNS/c1-6-5-12-9-4-7(10)2-3-8(9)11-6/h2-5,11H,1H3. The summed E-state index contributed by atoms with van der Waals surface area (Å²) >= 11 is 7.55. The lowest BCUT2D eigenvalue weighted by Crippen LogP contribution is -1.99. The minimum absolute atomic E-state index is 0.788. The van der Waals surface area contributed by atoms with E-state index in [-0.39, 0.29) is 0 Å². The fourth-order valence-electron chi connectivity index (χ4n) is 1.09. The molecule has 2 rings (SSSR count). The normalized spacial score (nSPS) is 14.7. The molecule has 0 bridgehead atoms. The van der Waals surface area contributed by atoms with Crippen molar-refractivity contribution < 1.29 is 0 Å². The highest BCUT2D eigenvalue weighted by molar-refractivity contribution is 8.02. The zero-order chi connectivity index (χ0) is 8.55. The third-order valence-corrected chi connectivity index (χ3v) is 2.94. The van der Waals surface area contributed by atoms with Gasteiger partial charge in [0.25, 0.3) is 0 Å². The van der Waals surface area contributed by atoms with Crippen LogP contribution < -0.4 is 5.32 Å². The highest BCUT2D eigenvalue weighted by Crippen LogP contribution is 2.35. The molecule has 0 aromatic heterocycles. The molecule has 0 fully saturated rings. The molecule has 1 nitrogen and oxygen atoms in total. The van der Waals surface area contributed by atoms with Gasteiger partial charge in [0.15, 0.2) is 0 Å². The second kappa shape index (κ2) is 3.04. The summed E-state index contributed by atoms with van der Waals surface area (Å²) in [6.07, 6.45) is 0. The van der Waals surface area contributed by atoms with Crippen molar-refractivity contribution in [2.75, 3.05) is 5.32 Å². The van der Waals surface area contributed by atoms with E-state index in [9.17, 15) is 0 Å². The van der Waals surface area contributed by atoms with Gasteiger partial charge < -0.3 is 5.32 Å². The first-order valence-electron chi connectivity index (χ1n) is 3.66. The summed E-state index contributed by atoms with van der Waals surface area (Å²) < 4.78 is 0. The number of hydrogen-bond acceptors (Lipinski definition) is 2. The van der Waals surface area contributed by atoms with E-state index in [1.807, 2.05) is 25.1 Å². The lowest BCUT2D eigenvalue weighted by molar-refractivity contribution is 1.31. The van der Waals surface area contributed by atoms with Crippen LogP contribution in [0, 0.1) is 0 Å². The molecule has 0 unspecified atom stereocenters. The van der Waals surface area contributed by atoms with E-state index >= 15 is 0 Å². The van der Waals surface area contributed by atoms with Crippen LogP contribution in [0.2, 0.25) is 5.02 Å². The van der Waals surface area contributed by atoms with E-state index in [4.69, 9.17) is 11.6 Å². The van der Waals surface area contributed by atoms with Gasteiger partial charge in [-0.2, -0.15) is 0 Å². The fraction of sp³-hybridized carbons (Fsp3) is 0.111. The third kappa shape index (κ3) is 1.45. The highest BCUT2D eigenvalue weighted by Gasteiger charge is 2.07. The van der Waals surface area contributed by atoms with Crippen LogP contribution in [0.4, 0.5) is 5.69 Å². The molecule has 0 atom stereocenters. The van der Waals surface area contributed by atoms with Crippen LogP contribution in [0.25, 0.3) is 0 Å². The van der Waals surface area contributed by atoms with Gasteiger partial charge in [0, 0.05) is 15.6 Å². The fourth-order valence-corrected chi connectivity index (χ4v) is 2.13. The minimum atomic E-state index is 0.788. The Kier molecular flexibility index (Phi) is 2.03. The first kappa shape index (κ1) is 8.02. The largest absolute Gasteiger partial charge is 0.358 e. The molecule has 0 saturated carbocycles. The first-order chi connectivity index (χ1) is 5.75. The van der Waals surface area contributed by atoms with Crippen LogP contribution in [0.5, 0.6) is 0 Å². The first-order valence-corrected chi connectivity index (χ1v) is 4.91. The van der Waals surface area contributed by atoms with Gasteiger partial charge in [-0.15, -0.1) is 0 Å². The number of anilines is 1. The monoisotopic (exact) mass is 197 g/mol. The van der Waals surface area contributed by atoms with Crippen LogP contribution in [0.15, 0.2) is 34.2 Å². The van der Waals surface area contributed by atoms with E-state index in [0.29, 0.717) is 0 Å². The summed E-state index contributed by atoms with van der Waals surface area (Å²) in [4.78, 5) is 1.19. The minimum Gasteiger partial charge on any atom is -0.358 e. The lowest BCUT2D eigenvalue weighted by Gasteiger charge is -2.15. The van der Waals surface area contributed by atoms with Crippen LogP contribution >= 0.6 is 23.4 Å². The molecule has 1 aromatic rings. The molecule has 0 amide bonds. The van der Waals surface area contributed by atoms with Crippen LogP contribution in [-0.2, 0) is 0 Å². The Hall–Kier alpha value is -0.600. The maximum atomic E-state index is 5.85. The van der Waals surface area contributed by atoms with Crippen molar-refractivity contribution in [1.29, 1.82) is 0 Å². The second-order valence-electron chi connectivity index (χ2n) is 2.68. The number of nitrogens with one attached hydrogen (secondary N) is 1. The van der Waals surface area contributed by atoms with E-state index in [0.717, 1.165) is 10.7 Å². The molecule has 0 saturated heterocycles. The Morgan fingerprint density at radius 1 is 1.42 bits per heavy atom. The van der Waals surface area contributed by atoms with Crippen molar-refractivity contribution in [2.24, 2.45) is 0 Å². The number of allylic oxidation sites excluding steroid dienone is 1. The Morgan fingerprint density at radius 3 is 3.08 bits per heavy atom. The SMILES string of the molecule is CC1=CSc2cc(Cl)ccc2N1. The van der Waals surface area contributed by atoms with E-state index in [2.05, 4.69) is 10.7 Å². The molecule has 0 aliphatic carbocycles. The number of rotatable bonds is 0. The van der Waals surface area contributed by atoms with Crippen molar-refractivity contribution in [3.05, 3.63) is 34.3 Å². The van der Waals surface area contributed by atoms with Gasteiger partial charge in [0.05, 0.1) is 5.69 Å². The second-order valence-corrected chi connectivity index (χ2v) is 4.03. The van der Waals surface area contributed by atoms with Crippen LogP contribution in [0.3, 0.4) is 0 Å². The molecule has 1 aliphatic rings. The summed E-state index contributed by atoms with van der Waals surface area (Å²) in [7, 11) is 0. The summed E-state index contributed by atoms with van der Waals surface area (Å²) in [5.74, 6) is 0. The molecule has 62 valence electrons. The average Bonchev–Trinajstić information content (AvgIpc) is 2.05. The van der Waals surface area contributed by atoms with Gasteiger partial charge in [-0.3, -0.25) is 0 Å². The van der Waals surface area contributed by atoms with Crippen LogP contribution in [-0.4, -0.2) is 0 Å². The maximum Gasteiger partial charge on any atom is 0.0524 e. The Bertz CT molecular complexity index is 346. The highest BCUT2D eigenvalue weighted by atomic mass is 35.5. The van der Waals surface area contributed by atoms with Crippen molar-refractivity contribution in [3.8, 4) is 0 Å². The van der Waals surface area contributed by atoms with Gasteiger partial charge in [-0.25, -0.2) is 0 Å². The molecule has 0 spiro atoms. The molecule has 1 heterocycles. The zero-order valence-corrected chi connectivity index (χ0v) is 8.17. The molecule has 1 aromatic carbocycles. The predicted molar refractivity (Wildman–Crippen MR) is 54.7 cm³/mol. The molecule has 1 aliphatic heterocycles. The third-order valence-electron chi connectivity index (χ3n) is 1.64. The molecular weight excluding hydrogens is 190 g/mol. The number of hydrogen-bond donors (Lipinski definition) is 1. The number of fused-ring (bicyclic) bond motifs is 1. The number of thioether (sulfide) groups is 1. The summed E-state index contributed by atoms with van der Waals surface area (Å²) in [5, 5.41) is 6.14. The van der Waals surface area contributed by atoms with E-state index < -0.39 is 0 Å². The predicted octanol–water partition coefficient (Wildman–Crippen LogP) is 3.72. The Balaban J connectivity index is 2.43. The summed E-state index contributed by atoms with van der Waals surface area (Å²) in [6, 6.07) is 5.87. The summed E-state index contributed by atoms with van der Waals surface area (Å²) in [6.45, 7) is 2.05. The van der Waals surface area contributed by atoms with E-state index in [1.165, 1.54) is 10.6 Å². The number of benzene rings is 1. The topological polar surface area (TPSA) is 12.0 Å². The Morgan fingerprint density at radius 2 is 2.25 bits per heavy atom. The van der Waals surface area contributed by atoms with Gasteiger partial charge in [0.2, 0.25) is 0 Å². The van der Waals surface area contributed by atoms with Crippen LogP contribution in [0.1, 0.15) is 6.92 Å². The molecule has 1 N–H and O–H groups in total. The molecule has 3 heteroatoms. The molecular formula is C9H8ClNS. The van der Waals surface area contributed by atoms with Gasteiger partial charge in [0.1, 0.15) is 0 Å². The zero-order valence-electron chi connectivity index (χ0n) is 6.60. The lowest BCUT2D eigenvalue weighted by atomic mass is 10.3. The molecule has 0 radical (unpaired) electrons. The van der Waals surface area contributed by atoms with Gasteiger partial charge in [-0.05, 0) is 30.5 Å².